The maximum Gasteiger partial charge on any atom is 0.287 e. The fourth-order valence-corrected chi connectivity index (χ4v) is 2.06. The van der Waals surface area contributed by atoms with Crippen molar-refractivity contribution in [3.05, 3.63) is 21.6 Å². The van der Waals surface area contributed by atoms with Gasteiger partial charge in [0.25, 0.3) is 5.56 Å². The van der Waals surface area contributed by atoms with Crippen molar-refractivity contribution in [1.82, 2.24) is 9.78 Å². The molecule has 1 aromatic heterocycles. The van der Waals surface area contributed by atoms with Crippen LogP contribution in [0.5, 0.6) is 0 Å². The first kappa shape index (κ1) is 16.9. The number of halogens is 1. The predicted molar refractivity (Wildman–Crippen MR) is 79.2 cm³/mol. The molecule has 0 aliphatic rings. The minimum Gasteiger partial charge on any atom is -0.394 e. The van der Waals surface area contributed by atoms with Crippen molar-refractivity contribution in [3.63, 3.8) is 0 Å². The minimum atomic E-state index is -0.536. The van der Waals surface area contributed by atoms with Gasteiger partial charge in [0.1, 0.15) is 5.02 Å². The second-order valence-corrected chi connectivity index (χ2v) is 6.30. The van der Waals surface area contributed by atoms with E-state index >= 15 is 0 Å². The summed E-state index contributed by atoms with van der Waals surface area (Å²) in [7, 11) is 0. The molecule has 0 saturated carbocycles. The summed E-state index contributed by atoms with van der Waals surface area (Å²) in [5.74, 6) is 0. The van der Waals surface area contributed by atoms with E-state index in [0.29, 0.717) is 18.7 Å². The summed E-state index contributed by atoms with van der Waals surface area (Å²) in [6.45, 7) is 6.34. The average molecular weight is 304 g/mol. The summed E-state index contributed by atoms with van der Waals surface area (Å²) < 4.78 is 1.10. The van der Waals surface area contributed by atoms with Crippen molar-refractivity contribution in [2.75, 3.05) is 18.5 Å². The van der Waals surface area contributed by atoms with Gasteiger partial charge in [-0.05, 0) is 11.8 Å². The Balaban J connectivity index is 2.70. The first-order chi connectivity index (χ1) is 9.24. The van der Waals surface area contributed by atoms with Gasteiger partial charge in [-0.1, -0.05) is 32.4 Å². The van der Waals surface area contributed by atoms with Crippen LogP contribution in [0.25, 0.3) is 0 Å². The lowest BCUT2D eigenvalue weighted by Gasteiger charge is -2.22. The normalized spacial score (nSPS) is 13.3. The first-order valence-electron chi connectivity index (χ1n) is 6.53. The Hall–Kier alpha value is -1.11. The molecule has 0 aliphatic heterocycles. The van der Waals surface area contributed by atoms with E-state index in [-0.39, 0.29) is 23.6 Å². The Morgan fingerprint density at radius 1 is 1.50 bits per heavy atom. The van der Waals surface area contributed by atoms with Crippen LogP contribution in [0, 0.1) is 5.41 Å². The lowest BCUT2D eigenvalue weighted by Crippen LogP contribution is -2.28. The molecule has 0 aromatic carbocycles. The van der Waals surface area contributed by atoms with E-state index in [0.717, 1.165) is 4.68 Å². The zero-order chi connectivity index (χ0) is 15.3. The molecule has 0 radical (unpaired) electrons. The highest BCUT2D eigenvalue weighted by Crippen LogP contribution is 2.21. The molecule has 1 rings (SSSR count). The molecular formula is C13H22ClN3O3. The van der Waals surface area contributed by atoms with E-state index in [4.69, 9.17) is 16.7 Å². The monoisotopic (exact) mass is 303 g/mol. The second-order valence-electron chi connectivity index (χ2n) is 5.92. The number of hydrogen-bond acceptors (Lipinski definition) is 5. The molecule has 0 bridgehead atoms. The number of hydrogen-bond donors (Lipinski definition) is 3. The molecule has 0 spiro atoms. The molecule has 20 heavy (non-hydrogen) atoms. The number of anilines is 1. The molecule has 114 valence electrons. The third-order valence-corrected chi connectivity index (χ3v) is 3.04. The molecule has 3 N–H and O–H groups in total. The van der Waals surface area contributed by atoms with Gasteiger partial charge in [0, 0.05) is 6.54 Å². The number of aromatic nitrogens is 2. The number of aliphatic hydroxyl groups excluding tert-OH is 2. The number of nitrogens with zero attached hydrogens (tertiary/aromatic N) is 2. The smallest absolute Gasteiger partial charge is 0.287 e. The summed E-state index contributed by atoms with van der Waals surface area (Å²) in [5, 5.41) is 25.5. The van der Waals surface area contributed by atoms with E-state index < -0.39 is 11.7 Å². The molecule has 6 nitrogen and oxygen atoms in total. The molecule has 1 heterocycles. The Morgan fingerprint density at radius 3 is 2.70 bits per heavy atom. The Labute approximate surface area is 123 Å². The molecule has 0 aliphatic carbocycles. The van der Waals surface area contributed by atoms with Crippen molar-refractivity contribution < 1.29 is 10.2 Å². The Bertz CT molecular complexity index is 497. The largest absolute Gasteiger partial charge is 0.394 e. The van der Waals surface area contributed by atoms with Crippen LogP contribution in [-0.2, 0) is 6.54 Å². The van der Waals surface area contributed by atoms with E-state index in [2.05, 4.69) is 10.4 Å². The quantitative estimate of drug-likeness (QED) is 0.732. The van der Waals surface area contributed by atoms with Crippen molar-refractivity contribution in [1.29, 1.82) is 0 Å². The fraction of sp³-hybridized carbons (Fsp3) is 0.692. The van der Waals surface area contributed by atoms with E-state index in [1.807, 2.05) is 20.8 Å². The topological polar surface area (TPSA) is 87.4 Å². The Morgan fingerprint density at radius 2 is 2.15 bits per heavy atom. The van der Waals surface area contributed by atoms with Crippen LogP contribution in [0.3, 0.4) is 0 Å². The van der Waals surface area contributed by atoms with Gasteiger partial charge >= 0.3 is 0 Å². The first-order valence-corrected chi connectivity index (χ1v) is 6.91. The third kappa shape index (κ3) is 5.11. The highest BCUT2D eigenvalue weighted by molar-refractivity contribution is 6.32. The van der Waals surface area contributed by atoms with Crippen molar-refractivity contribution in [2.45, 2.75) is 39.8 Å². The van der Waals surface area contributed by atoms with Crippen LogP contribution >= 0.6 is 11.6 Å². The number of rotatable bonds is 6. The van der Waals surface area contributed by atoms with Crippen LogP contribution in [0.15, 0.2) is 11.0 Å². The minimum absolute atomic E-state index is 0.0106. The molecule has 0 fully saturated rings. The van der Waals surface area contributed by atoms with Gasteiger partial charge in [0.15, 0.2) is 0 Å². The highest BCUT2D eigenvalue weighted by Gasteiger charge is 2.17. The van der Waals surface area contributed by atoms with Gasteiger partial charge in [-0.25, -0.2) is 4.68 Å². The van der Waals surface area contributed by atoms with E-state index in [9.17, 15) is 9.90 Å². The van der Waals surface area contributed by atoms with Crippen molar-refractivity contribution >= 4 is 17.3 Å². The molecule has 1 atom stereocenters. The van der Waals surface area contributed by atoms with Gasteiger partial charge in [-0.2, -0.15) is 5.10 Å². The van der Waals surface area contributed by atoms with Crippen LogP contribution in [0.4, 0.5) is 5.69 Å². The van der Waals surface area contributed by atoms with E-state index in [1.54, 1.807) is 0 Å². The molecular weight excluding hydrogens is 282 g/mol. The number of aliphatic hydroxyl groups is 2. The number of nitrogens with one attached hydrogen (secondary N) is 1. The average Bonchev–Trinajstić information content (AvgIpc) is 2.32. The fourth-order valence-electron chi connectivity index (χ4n) is 1.85. The van der Waals surface area contributed by atoms with Gasteiger partial charge in [-0.3, -0.25) is 4.79 Å². The highest BCUT2D eigenvalue weighted by atomic mass is 35.5. The SMILES string of the molecule is CC(C)(C)CC(O)CNc1cnn(CCO)c(=O)c1Cl. The summed E-state index contributed by atoms with van der Waals surface area (Å²) in [6.07, 6.45) is 1.52. The summed E-state index contributed by atoms with van der Waals surface area (Å²) in [6, 6.07) is 0. The van der Waals surface area contributed by atoms with Crippen LogP contribution in [-0.4, -0.2) is 39.2 Å². The van der Waals surface area contributed by atoms with Crippen LogP contribution in [0.1, 0.15) is 27.2 Å². The predicted octanol–water partition coefficient (Wildman–Crippen LogP) is 1.10. The van der Waals surface area contributed by atoms with Gasteiger partial charge in [0.05, 0.1) is 31.1 Å². The summed E-state index contributed by atoms with van der Waals surface area (Å²) >= 11 is 5.95. The van der Waals surface area contributed by atoms with Gasteiger partial charge < -0.3 is 15.5 Å². The Kier molecular flexibility index (Phi) is 5.98. The van der Waals surface area contributed by atoms with E-state index in [1.165, 1.54) is 6.20 Å². The summed E-state index contributed by atoms with van der Waals surface area (Å²) in [5.41, 5.74) is -0.0527. The summed E-state index contributed by atoms with van der Waals surface area (Å²) in [4.78, 5) is 11.8. The molecule has 7 heteroatoms. The molecule has 1 unspecified atom stereocenters. The molecule has 0 saturated heterocycles. The zero-order valence-electron chi connectivity index (χ0n) is 12.1. The van der Waals surface area contributed by atoms with Crippen LogP contribution in [0.2, 0.25) is 5.02 Å². The zero-order valence-corrected chi connectivity index (χ0v) is 12.8. The molecule has 0 amide bonds. The van der Waals surface area contributed by atoms with Crippen molar-refractivity contribution in [2.24, 2.45) is 5.41 Å². The maximum atomic E-state index is 11.8. The lowest BCUT2D eigenvalue weighted by atomic mass is 9.89. The standard InChI is InChI=1S/C13H22ClN3O3/c1-13(2,3)6-9(19)7-15-10-8-16-17(4-5-18)12(20)11(10)14/h8-9,15,18-19H,4-7H2,1-3H3. The molecule has 1 aromatic rings. The van der Waals surface area contributed by atoms with Crippen LogP contribution < -0.4 is 10.9 Å². The maximum absolute atomic E-state index is 11.8. The third-order valence-electron chi connectivity index (χ3n) is 2.67. The van der Waals surface area contributed by atoms with Gasteiger partial charge in [-0.15, -0.1) is 0 Å². The van der Waals surface area contributed by atoms with Gasteiger partial charge in [0.2, 0.25) is 0 Å². The lowest BCUT2D eigenvalue weighted by molar-refractivity contribution is 0.132. The van der Waals surface area contributed by atoms with Crippen molar-refractivity contribution in [3.8, 4) is 0 Å². The second kappa shape index (κ2) is 7.06.